The molecule has 0 spiro atoms. The number of nitrogens with zero attached hydrogens (tertiary/aromatic N) is 5. The summed E-state index contributed by atoms with van der Waals surface area (Å²) >= 11 is 0. The molecule has 3 N–H and O–H groups in total. The fourth-order valence-corrected chi connectivity index (χ4v) is 2.80. The fraction of sp³-hybridized carbons (Fsp3) is 0.350. The first kappa shape index (κ1) is 20.6. The number of anilines is 1. The van der Waals surface area contributed by atoms with E-state index < -0.39 is 6.23 Å². The number of benzene rings is 1. The Labute approximate surface area is 169 Å². The van der Waals surface area contributed by atoms with Crippen molar-refractivity contribution in [2.24, 2.45) is 0 Å². The number of aromatic nitrogens is 5. The molecule has 29 heavy (non-hydrogen) atoms. The van der Waals surface area contributed by atoms with E-state index in [9.17, 15) is 9.90 Å². The molecule has 0 aliphatic heterocycles. The zero-order valence-electron chi connectivity index (χ0n) is 16.3. The SMILES string of the molecule is CNC(O)c1cn(CCCCc2ccc(NC(=O)Cc3ccccc3)nn2)nn1. The molecule has 2 heterocycles. The predicted octanol–water partition coefficient (Wildman–Crippen LogP) is 1.48. The molecule has 0 saturated carbocycles. The minimum absolute atomic E-state index is 0.117. The van der Waals surface area contributed by atoms with Gasteiger partial charge in [0.25, 0.3) is 0 Å². The summed E-state index contributed by atoms with van der Waals surface area (Å²) in [7, 11) is 1.66. The number of nitrogens with one attached hydrogen (secondary N) is 2. The summed E-state index contributed by atoms with van der Waals surface area (Å²) < 4.78 is 1.72. The molecule has 2 aromatic heterocycles. The summed E-state index contributed by atoms with van der Waals surface area (Å²) in [6.07, 6.45) is 3.83. The van der Waals surface area contributed by atoms with E-state index in [1.165, 1.54) is 0 Å². The van der Waals surface area contributed by atoms with E-state index >= 15 is 0 Å². The minimum Gasteiger partial charge on any atom is -0.373 e. The second kappa shape index (κ2) is 10.4. The third kappa shape index (κ3) is 6.44. The summed E-state index contributed by atoms with van der Waals surface area (Å²) in [4.78, 5) is 12.1. The van der Waals surface area contributed by atoms with Gasteiger partial charge in [0.1, 0.15) is 5.69 Å². The second-order valence-electron chi connectivity index (χ2n) is 6.68. The fourth-order valence-electron chi connectivity index (χ4n) is 2.80. The maximum atomic E-state index is 12.1. The molecule has 9 heteroatoms. The van der Waals surface area contributed by atoms with Crippen molar-refractivity contribution in [3.8, 4) is 0 Å². The molecule has 1 atom stereocenters. The van der Waals surface area contributed by atoms with Crippen LogP contribution in [0, 0.1) is 0 Å². The Morgan fingerprint density at radius 2 is 1.93 bits per heavy atom. The van der Waals surface area contributed by atoms with Gasteiger partial charge in [0.15, 0.2) is 12.0 Å². The lowest BCUT2D eigenvalue weighted by Gasteiger charge is -2.05. The van der Waals surface area contributed by atoms with Crippen molar-refractivity contribution < 1.29 is 9.90 Å². The normalized spacial score (nSPS) is 11.9. The number of hydrogen-bond acceptors (Lipinski definition) is 7. The van der Waals surface area contributed by atoms with Gasteiger partial charge in [-0.15, -0.1) is 10.2 Å². The van der Waals surface area contributed by atoms with Crippen molar-refractivity contribution in [1.82, 2.24) is 30.5 Å². The Balaban J connectivity index is 1.39. The van der Waals surface area contributed by atoms with Crippen molar-refractivity contribution in [2.45, 2.75) is 38.5 Å². The highest BCUT2D eigenvalue weighted by Crippen LogP contribution is 2.09. The van der Waals surface area contributed by atoms with Gasteiger partial charge in [-0.25, -0.2) is 0 Å². The predicted molar refractivity (Wildman–Crippen MR) is 108 cm³/mol. The molecular formula is C20H25N7O2. The molecule has 3 aromatic rings. The number of aryl methyl sites for hydroxylation is 2. The lowest BCUT2D eigenvalue weighted by atomic mass is 10.1. The summed E-state index contributed by atoms with van der Waals surface area (Å²) in [6, 6.07) is 13.2. The van der Waals surface area contributed by atoms with Crippen LogP contribution in [0.1, 0.15) is 36.0 Å². The summed E-state index contributed by atoms with van der Waals surface area (Å²) in [5, 5.41) is 31.3. The third-order valence-electron chi connectivity index (χ3n) is 4.37. The van der Waals surface area contributed by atoms with E-state index in [1.54, 1.807) is 24.0 Å². The zero-order valence-corrected chi connectivity index (χ0v) is 16.3. The zero-order chi connectivity index (χ0) is 20.5. The molecular weight excluding hydrogens is 370 g/mol. The van der Waals surface area contributed by atoms with Crippen molar-refractivity contribution in [3.63, 3.8) is 0 Å². The van der Waals surface area contributed by atoms with E-state index in [2.05, 4.69) is 31.1 Å². The average Bonchev–Trinajstić information content (AvgIpc) is 3.21. The number of carbonyl (C=O) groups is 1. The molecule has 0 bridgehead atoms. The molecule has 0 aliphatic carbocycles. The van der Waals surface area contributed by atoms with E-state index in [-0.39, 0.29) is 5.91 Å². The smallest absolute Gasteiger partial charge is 0.229 e. The number of carbonyl (C=O) groups excluding carboxylic acids is 1. The maximum absolute atomic E-state index is 12.1. The first-order valence-corrected chi connectivity index (χ1v) is 9.56. The van der Waals surface area contributed by atoms with Crippen LogP contribution in [0.25, 0.3) is 0 Å². The van der Waals surface area contributed by atoms with Crippen LogP contribution in [0.15, 0.2) is 48.7 Å². The first-order chi connectivity index (χ1) is 14.1. The lowest BCUT2D eigenvalue weighted by molar-refractivity contribution is -0.115. The summed E-state index contributed by atoms with van der Waals surface area (Å²) in [5.41, 5.74) is 2.33. The van der Waals surface area contributed by atoms with Crippen LogP contribution in [0.5, 0.6) is 0 Å². The van der Waals surface area contributed by atoms with E-state index in [4.69, 9.17) is 0 Å². The Morgan fingerprint density at radius 3 is 2.66 bits per heavy atom. The quantitative estimate of drug-likeness (QED) is 0.351. The second-order valence-corrected chi connectivity index (χ2v) is 6.68. The van der Waals surface area contributed by atoms with E-state index in [0.29, 0.717) is 24.5 Å². The van der Waals surface area contributed by atoms with Gasteiger partial charge in [0.05, 0.1) is 18.3 Å². The lowest BCUT2D eigenvalue weighted by Crippen LogP contribution is -2.15. The minimum atomic E-state index is -0.800. The topological polar surface area (TPSA) is 118 Å². The summed E-state index contributed by atoms with van der Waals surface area (Å²) in [6.45, 7) is 0.713. The van der Waals surface area contributed by atoms with Gasteiger partial charge < -0.3 is 10.4 Å². The molecule has 1 aromatic carbocycles. The molecule has 9 nitrogen and oxygen atoms in total. The number of aliphatic hydroxyl groups is 1. The van der Waals surface area contributed by atoms with Crippen molar-refractivity contribution in [1.29, 1.82) is 0 Å². The average molecular weight is 395 g/mol. The van der Waals surface area contributed by atoms with Gasteiger partial charge in [-0.1, -0.05) is 35.5 Å². The Bertz CT molecular complexity index is 897. The number of amides is 1. The van der Waals surface area contributed by atoms with Gasteiger partial charge >= 0.3 is 0 Å². The van der Waals surface area contributed by atoms with E-state index in [0.717, 1.165) is 30.5 Å². The number of rotatable bonds is 10. The van der Waals surface area contributed by atoms with Crippen molar-refractivity contribution >= 4 is 11.7 Å². The first-order valence-electron chi connectivity index (χ1n) is 9.56. The van der Waals surface area contributed by atoms with Crippen LogP contribution >= 0.6 is 0 Å². The van der Waals surface area contributed by atoms with Crippen LogP contribution in [0.4, 0.5) is 5.82 Å². The molecule has 3 rings (SSSR count). The van der Waals surface area contributed by atoms with Gasteiger partial charge in [0, 0.05) is 6.54 Å². The van der Waals surface area contributed by atoms with Crippen LogP contribution in [0.3, 0.4) is 0 Å². The highest BCUT2D eigenvalue weighted by molar-refractivity contribution is 5.91. The molecule has 1 amide bonds. The van der Waals surface area contributed by atoms with Crippen LogP contribution in [-0.2, 0) is 24.2 Å². The highest BCUT2D eigenvalue weighted by atomic mass is 16.3. The Morgan fingerprint density at radius 1 is 1.10 bits per heavy atom. The maximum Gasteiger partial charge on any atom is 0.229 e. The molecule has 0 aliphatic rings. The molecule has 0 radical (unpaired) electrons. The van der Waals surface area contributed by atoms with Crippen molar-refractivity contribution in [3.05, 3.63) is 65.6 Å². The Kier molecular flexibility index (Phi) is 7.37. The molecule has 1 unspecified atom stereocenters. The monoisotopic (exact) mass is 395 g/mol. The standard InChI is InChI=1S/C20H25N7O2/c1-21-20(29)17-14-27(26-24-17)12-6-5-9-16-10-11-18(25-23-16)22-19(28)13-15-7-3-2-4-8-15/h2-4,7-8,10-11,14,20-21,29H,5-6,9,12-13H2,1H3,(H,22,25,28). The van der Waals surface area contributed by atoms with Crippen LogP contribution < -0.4 is 10.6 Å². The van der Waals surface area contributed by atoms with Gasteiger partial charge in [0.2, 0.25) is 5.91 Å². The molecule has 0 saturated heterocycles. The number of unbranched alkanes of at least 4 members (excludes halogenated alkanes) is 1. The molecule has 0 fully saturated rings. The highest BCUT2D eigenvalue weighted by Gasteiger charge is 2.09. The van der Waals surface area contributed by atoms with Crippen molar-refractivity contribution in [2.75, 3.05) is 12.4 Å². The number of aliphatic hydroxyl groups excluding tert-OH is 1. The van der Waals surface area contributed by atoms with Gasteiger partial charge in [-0.3, -0.25) is 14.8 Å². The van der Waals surface area contributed by atoms with E-state index in [1.807, 2.05) is 36.4 Å². The molecule has 152 valence electrons. The van der Waals surface area contributed by atoms with Gasteiger partial charge in [-0.2, -0.15) is 5.10 Å². The third-order valence-corrected chi connectivity index (χ3v) is 4.37. The number of hydrogen-bond donors (Lipinski definition) is 3. The van der Waals surface area contributed by atoms with Crippen LogP contribution in [-0.4, -0.2) is 43.3 Å². The van der Waals surface area contributed by atoms with Crippen LogP contribution in [0.2, 0.25) is 0 Å². The largest absolute Gasteiger partial charge is 0.373 e. The summed E-state index contributed by atoms with van der Waals surface area (Å²) in [5.74, 6) is 0.335. The Hall–Kier alpha value is -3.17. The van der Waals surface area contributed by atoms with Gasteiger partial charge in [-0.05, 0) is 44.0 Å².